The molecule has 0 amide bonds. The highest BCUT2D eigenvalue weighted by Crippen LogP contribution is 2.32. The van der Waals surface area contributed by atoms with Crippen molar-refractivity contribution in [2.45, 2.75) is 25.3 Å². The molecule has 1 aliphatic carbocycles. The lowest BCUT2D eigenvalue weighted by molar-refractivity contribution is 0.0606. The summed E-state index contributed by atoms with van der Waals surface area (Å²) >= 11 is 1.41. The fourth-order valence-electron chi connectivity index (χ4n) is 2.69. The quantitative estimate of drug-likeness (QED) is 0.858. The van der Waals surface area contributed by atoms with Crippen molar-refractivity contribution in [3.05, 3.63) is 39.8 Å². The summed E-state index contributed by atoms with van der Waals surface area (Å²) in [6.45, 7) is 0. The Morgan fingerprint density at radius 3 is 3.16 bits per heavy atom. The molecule has 2 N–H and O–H groups in total. The first-order valence-electron chi connectivity index (χ1n) is 6.34. The maximum absolute atomic E-state index is 11.8. The van der Waals surface area contributed by atoms with Crippen LogP contribution in [0.3, 0.4) is 0 Å². The minimum absolute atomic E-state index is 0.116. The highest BCUT2D eigenvalue weighted by Gasteiger charge is 2.23. The van der Waals surface area contributed by atoms with Crippen molar-refractivity contribution in [3.63, 3.8) is 0 Å². The molecule has 0 saturated carbocycles. The maximum atomic E-state index is 11.8. The second-order valence-corrected chi connectivity index (χ2v) is 5.63. The number of methoxy groups -OCH3 is 1. The van der Waals surface area contributed by atoms with Crippen LogP contribution in [0, 0.1) is 0 Å². The van der Waals surface area contributed by atoms with Crippen LogP contribution < -0.4 is 5.73 Å². The summed E-state index contributed by atoms with van der Waals surface area (Å²) in [6, 6.07) is 4.14. The second-order valence-electron chi connectivity index (χ2n) is 4.71. The lowest BCUT2D eigenvalue weighted by atomic mass is 9.93. The van der Waals surface area contributed by atoms with Gasteiger partial charge in [0.15, 0.2) is 0 Å². The van der Waals surface area contributed by atoms with Crippen molar-refractivity contribution in [1.82, 2.24) is 4.57 Å². The molecule has 19 heavy (non-hydrogen) atoms. The third kappa shape index (κ3) is 1.99. The number of fused-ring (bicyclic) bond motifs is 1. The lowest BCUT2D eigenvalue weighted by Gasteiger charge is -2.20. The number of thiophene rings is 1. The van der Waals surface area contributed by atoms with Crippen LogP contribution in [0.4, 0.5) is 0 Å². The summed E-state index contributed by atoms with van der Waals surface area (Å²) in [5.41, 5.74) is 9.46. The monoisotopic (exact) mass is 276 g/mol. The molecule has 0 aromatic carbocycles. The zero-order valence-electron chi connectivity index (χ0n) is 10.8. The normalized spacial score (nSPS) is 18.1. The average molecular weight is 276 g/mol. The Morgan fingerprint density at radius 1 is 1.53 bits per heavy atom. The van der Waals surface area contributed by atoms with Gasteiger partial charge in [0, 0.05) is 17.9 Å². The molecule has 5 heteroatoms. The van der Waals surface area contributed by atoms with Crippen LogP contribution in [0.1, 0.15) is 39.8 Å². The van der Waals surface area contributed by atoms with E-state index in [4.69, 9.17) is 10.5 Å². The van der Waals surface area contributed by atoms with Gasteiger partial charge in [-0.2, -0.15) is 0 Å². The summed E-state index contributed by atoms with van der Waals surface area (Å²) in [5, 5.41) is 1.91. The number of carbonyl (C=O) groups is 1. The Bertz CT molecular complexity index is 615. The van der Waals surface area contributed by atoms with Crippen molar-refractivity contribution >= 4 is 17.3 Å². The first-order chi connectivity index (χ1) is 9.22. The molecule has 2 aromatic heterocycles. The number of hydrogen-bond donors (Lipinski definition) is 1. The fraction of sp³-hybridized carbons (Fsp3) is 0.357. The van der Waals surface area contributed by atoms with Crippen molar-refractivity contribution < 1.29 is 9.53 Å². The largest absolute Gasteiger partial charge is 0.465 e. The van der Waals surface area contributed by atoms with E-state index in [-0.39, 0.29) is 12.0 Å². The first-order valence-corrected chi connectivity index (χ1v) is 7.22. The third-order valence-corrected chi connectivity index (χ3v) is 4.51. The van der Waals surface area contributed by atoms with Crippen LogP contribution >= 0.6 is 11.3 Å². The minimum Gasteiger partial charge on any atom is -0.465 e. The molecule has 100 valence electrons. The summed E-state index contributed by atoms with van der Waals surface area (Å²) in [5.74, 6) is -0.285. The number of carbonyl (C=O) groups excluding carboxylic acids is 1. The van der Waals surface area contributed by atoms with Crippen LogP contribution in [0.5, 0.6) is 0 Å². The van der Waals surface area contributed by atoms with E-state index in [1.54, 1.807) is 0 Å². The Morgan fingerprint density at radius 2 is 2.37 bits per heavy atom. The number of nitrogens with two attached hydrogens (primary N) is 1. The van der Waals surface area contributed by atoms with Gasteiger partial charge in [-0.25, -0.2) is 4.79 Å². The van der Waals surface area contributed by atoms with E-state index in [9.17, 15) is 4.79 Å². The Kier molecular flexibility index (Phi) is 3.16. The van der Waals surface area contributed by atoms with Gasteiger partial charge in [0.1, 0.15) is 4.88 Å². The van der Waals surface area contributed by atoms with Crippen molar-refractivity contribution in [2.75, 3.05) is 7.11 Å². The molecule has 3 rings (SSSR count). The summed E-state index contributed by atoms with van der Waals surface area (Å²) < 4.78 is 6.91. The molecule has 0 bridgehead atoms. The Labute approximate surface area is 115 Å². The molecule has 1 unspecified atom stereocenters. The highest BCUT2D eigenvalue weighted by molar-refractivity contribution is 7.12. The van der Waals surface area contributed by atoms with E-state index in [0.717, 1.165) is 24.9 Å². The molecule has 1 aliphatic rings. The number of nitrogens with zero attached hydrogens (tertiary/aromatic N) is 1. The van der Waals surface area contributed by atoms with Gasteiger partial charge in [-0.1, -0.05) is 0 Å². The molecular weight excluding hydrogens is 260 g/mol. The predicted molar refractivity (Wildman–Crippen MR) is 74.9 cm³/mol. The number of ether oxygens (including phenoxy) is 1. The van der Waals surface area contributed by atoms with E-state index in [2.05, 4.69) is 10.6 Å². The molecule has 2 aromatic rings. The number of aromatic nitrogens is 1. The minimum atomic E-state index is -0.285. The Hall–Kier alpha value is -1.59. The second kappa shape index (κ2) is 4.83. The van der Waals surface area contributed by atoms with Gasteiger partial charge in [0.25, 0.3) is 0 Å². The van der Waals surface area contributed by atoms with Crippen LogP contribution in [0.2, 0.25) is 0 Å². The van der Waals surface area contributed by atoms with E-state index >= 15 is 0 Å². The van der Waals surface area contributed by atoms with Gasteiger partial charge in [0.05, 0.1) is 12.8 Å². The van der Waals surface area contributed by atoms with Crippen LogP contribution in [-0.4, -0.2) is 17.6 Å². The van der Waals surface area contributed by atoms with E-state index in [1.165, 1.54) is 29.7 Å². The molecule has 0 saturated heterocycles. The van der Waals surface area contributed by atoms with E-state index in [0.29, 0.717) is 4.88 Å². The summed E-state index contributed by atoms with van der Waals surface area (Å²) in [7, 11) is 1.41. The van der Waals surface area contributed by atoms with Gasteiger partial charge in [-0.3, -0.25) is 0 Å². The highest BCUT2D eigenvalue weighted by atomic mass is 32.1. The predicted octanol–water partition coefficient (Wildman–Crippen LogP) is 2.66. The van der Waals surface area contributed by atoms with Gasteiger partial charge < -0.3 is 15.0 Å². The van der Waals surface area contributed by atoms with Gasteiger partial charge >= 0.3 is 5.97 Å². The first kappa shape index (κ1) is 12.4. The third-order valence-electron chi connectivity index (χ3n) is 3.63. The number of hydrogen-bond acceptors (Lipinski definition) is 4. The summed E-state index contributed by atoms with van der Waals surface area (Å²) in [6.07, 6.45) is 5.14. The molecule has 0 spiro atoms. The number of rotatable bonds is 2. The zero-order chi connectivity index (χ0) is 13.4. The fourth-order valence-corrected chi connectivity index (χ4v) is 3.49. The molecule has 4 nitrogen and oxygen atoms in total. The van der Waals surface area contributed by atoms with Crippen molar-refractivity contribution in [1.29, 1.82) is 0 Å². The molecule has 0 fully saturated rings. The van der Waals surface area contributed by atoms with Gasteiger partial charge in [0.2, 0.25) is 0 Å². The van der Waals surface area contributed by atoms with Crippen molar-refractivity contribution in [2.24, 2.45) is 5.73 Å². The topological polar surface area (TPSA) is 57.2 Å². The zero-order valence-corrected chi connectivity index (χ0v) is 11.6. The van der Waals surface area contributed by atoms with Gasteiger partial charge in [-0.15, -0.1) is 11.3 Å². The van der Waals surface area contributed by atoms with Crippen molar-refractivity contribution in [3.8, 4) is 5.69 Å². The maximum Gasteiger partial charge on any atom is 0.350 e. The molecule has 2 heterocycles. The van der Waals surface area contributed by atoms with Crippen LogP contribution in [0.25, 0.3) is 5.69 Å². The molecule has 0 radical (unpaired) electrons. The van der Waals surface area contributed by atoms with Crippen LogP contribution in [-0.2, 0) is 11.2 Å². The molecule has 1 atom stereocenters. The Balaban J connectivity index is 2.09. The van der Waals surface area contributed by atoms with Gasteiger partial charge in [-0.05, 0) is 42.3 Å². The smallest absolute Gasteiger partial charge is 0.350 e. The average Bonchev–Trinajstić information content (AvgIpc) is 3.04. The standard InChI is InChI=1S/C14H16N2O2S/c1-18-14(17)13-12(6-8-19-13)16-7-5-9-10(15)3-2-4-11(9)16/h5-8,10H,2-4,15H2,1H3. The van der Waals surface area contributed by atoms with Crippen LogP contribution in [0.15, 0.2) is 23.7 Å². The SMILES string of the molecule is COC(=O)c1sccc1-n1ccc2c1CCCC2N. The number of esters is 1. The van der Waals surface area contributed by atoms with E-state index < -0.39 is 0 Å². The molecule has 0 aliphatic heterocycles. The lowest BCUT2D eigenvalue weighted by Crippen LogP contribution is -2.18. The molecular formula is C14H16N2O2S. The summed E-state index contributed by atoms with van der Waals surface area (Å²) in [4.78, 5) is 12.4. The van der Waals surface area contributed by atoms with E-state index in [1.807, 2.05) is 17.6 Å².